The Labute approximate surface area is 227 Å². The average molecular weight is 553 g/mol. The van der Waals surface area contributed by atoms with Crippen molar-refractivity contribution in [3.63, 3.8) is 0 Å². The van der Waals surface area contributed by atoms with Crippen molar-refractivity contribution in [3.8, 4) is 0 Å². The highest BCUT2D eigenvalue weighted by Crippen LogP contribution is 2.47. The maximum Gasteiger partial charge on any atom is 0.264 e. The van der Waals surface area contributed by atoms with Crippen molar-refractivity contribution in [1.82, 2.24) is 0 Å². The molecule has 5 rings (SSSR count). The number of anilines is 2. The van der Waals surface area contributed by atoms with Gasteiger partial charge in [-0.2, -0.15) is 0 Å². The fourth-order valence-corrected chi connectivity index (χ4v) is 8.71. The van der Waals surface area contributed by atoms with Gasteiger partial charge in [-0.3, -0.25) is 8.61 Å². The zero-order valence-corrected chi connectivity index (χ0v) is 24.0. The zero-order valence-electron chi connectivity index (χ0n) is 22.4. The van der Waals surface area contributed by atoms with Gasteiger partial charge in [-0.15, -0.1) is 0 Å². The van der Waals surface area contributed by atoms with E-state index in [1.54, 1.807) is 24.3 Å². The monoisotopic (exact) mass is 552 g/mol. The molecular weight excluding hydrogens is 516 g/mol. The number of rotatable bonds is 9. The van der Waals surface area contributed by atoms with Gasteiger partial charge >= 0.3 is 0 Å². The molecule has 3 aromatic rings. The Morgan fingerprint density at radius 1 is 0.684 bits per heavy atom. The number of unbranched alkanes of at least 4 members (excludes halogenated alkanes) is 3. The Morgan fingerprint density at radius 2 is 1.21 bits per heavy atom. The first kappa shape index (κ1) is 26.8. The van der Waals surface area contributed by atoms with Crippen molar-refractivity contribution in [3.05, 3.63) is 82.4 Å². The summed E-state index contributed by atoms with van der Waals surface area (Å²) in [5, 5.41) is 0. The average Bonchev–Trinajstić information content (AvgIpc) is 3.52. The van der Waals surface area contributed by atoms with Crippen LogP contribution in [0.2, 0.25) is 0 Å². The predicted octanol–water partition coefficient (Wildman–Crippen LogP) is 5.93. The SMILES string of the molecule is CCCCCCc1cc2c(c3c1N(S(=O)(=O)c1ccc(C)cc1)CC3)N(S(=O)(=O)c1ccc(C)cc1)CC2. The lowest BCUT2D eigenvalue weighted by molar-refractivity contribution is 0.590. The van der Waals surface area contributed by atoms with Crippen LogP contribution in [0, 0.1) is 13.8 Å². The van der Waals surface area contributed by atoms with Gasteiger partial charge in [-0.05, 0) is 74.9 Å². The second-order valence-electron chi connectivity index (χ2n) is 10.5. The lowest BCUT2D eigenvalue weighted by atomic mass is 9.96. The van der Waals surface area contributed by atoms with Crippen LogP contribution in [0.5, 0.6) is 0 Å². The fourth-order valence-electron chi connectivity index (χ4n) is 5.64. The van der Waals surface area contributed by atoms with E-state index in [0.29, 0.717) is 37.3 Å². The van der Waals surface area contributed by atoms with E-state index in [4.69, 9.17) is 0 Å². The minimum atomic E-state index is -3.79. The summed E-state index contributed by atoms with van der Waals surface area (Å²) in [6.45, 7) is 6.71. The van der Waals surface area contributed by atoms with Crippen LogP contribution in [-0.4, -0.2) is 29.9 Å². The van der Waals surface area contributed by atoms with Crippen LogP contribution in [0.4, 0.5) is 11.4 Å². The molecule has 0 atom stereocenters. The van der Waals surface area contributed by atoms with E-state index in [9.17, 15) is 16.8 Å². The Bertz CT molecular complexity index is 1550. The molecule has 6 nitrogen and oxygen atoms in total. The molecule has 202 valence electrons. The molecule has 0 radical (unpaired) electrons. The van der Waals surface area contributed by atoms with E-state index in [1.807, 2.05) is 38.1 Å². The van der Waals surface area contributed by atoms with Crippen molar-refractivity contribution in [1.29, 1.82) is 0 Å². The highest BCUT2D eigenvalue weighted by molar-refractivity contribution is 7.93. The van der Waals surface area contributed by atoms with Crippen LogP contribution in [0.1, 0.15) is 60.4 Å². The minimum absolute atomic E-state index is 0.260. The summed E-state index contributed by atoms with van der Waals surface area (Å²) in [7, 11) is -7.56. The van der Waals surface area contributed by atoms with Gasteiger partial charge in [0.05, 0.1) is 21.2 Å². The molecule has 38 heavy (non-hydrogen) atoms. The molecule has 0 spiro atoms. The summed E-state index contributed by atoms with van der Waals surface area (Å²) in [6.07, 6.45) is 6.22. The number of hydrogen-bond acceptors (Lipinski definition) is 4. The van der Waals surface area contributed by atoms with Gasteiger partial charge in [0.25, 0.3) is 20.0 Å². The molecule has 0 fully saturated rings. The lowest BCUT2D eigenvalue weighted by Gasteiger charge is -2.26. The number of aryl methyl sites for hydroxylation is 3. The highest BCUT2D eigenvalue weighted by atomic mass is 32.2. The topological polar surface area (TPSA) is 74.8 Å². The molecule has 0 amide bonds. The van der Waals surface area contributed by atoms with Gasteiger partial charge in [-0.25, -0.2) is 16.8 Å². The molecule has 2 aliphatic rings. The van der Waals surface area contributed by atoms with Crippen LogP contribution in [-0.2, 0) is 39.3 Å². The fraction of sp³-hybridized carbons (Fsp3) is 0.400. The van der Waals surface area contributed by atoms with E-state index in [1.165, 1.54) is 8.61 Å². The molecule has 0 aromatic heterocycles. The Morgan fingerprint density at radius 3 is 1.76 bits per heavy atom. The third kappa shape index (κ3) is 4.73. The van der Waals surface area contributed by atoms with Gasteiger partial charge in [0.1, 0.15) is 0 Å². The summed E-state index contributed by atoms with van der Waals surface area (Å²) < 4.78 is 58.3. The Balaban J connectivity index is 1.62. The van der Waals surface area contributed by atoms with Crippen LogP contribution >= 0.6 is 0 Å². The number of hydrogen-bond donors (Lipinski definition) is 0. The van der Waals surface area contributed by atoms with E-state index in [2.05, 4.69) is 13.0 Å². The van der Waals surface area contributed by atoms with E-state index in [0.717, 1.165) is 59.9 Å². The van der Waals surface area contributed by atoms with Crippen molar-refractivity contribution >= 4 is 31.4 Å². The van der Waals surface area contributed by atoms with Crippen LogP contribution in [0.3, 0.4) is 0 Å². The maximum absolute atomic E-state index is 13.9. The molecule has 3 aromatic carbocycles. The number of nitrogens with zero attached hydrogens (tertiary/aromatic N) is 2. The molecule has 0 saturated carbocycles. The molecular formula is C30H36N2O4S2. The summed E-state index contributed by atoms with van der Waals surface area (Å²) in [4.78, 5) is 0.521. The second-order valence-corrected chi connectivity index (χ2v) is 14.2. The highest BCUT2D eigenvalue weighted by Gasteiger charge is 2.40. The summed E-state index contributed by atoms with van der Waals surface area (Å²) in [6, 6.07) is 15.9. The summed E-state index contributed by atoms with van der Waals surface area (Å²) in [5.41, 5.74) is 6.22. The quantitative estimate of drug-likeness (QED) is 0.309. The largest absolute Gasteiger partial charge is 0.265 e. The maximum atomic E-state index is 13.9. The lowest BCUT2D eigenvalue weighted by Crippen LogP contribution is -2.30. The van der Waals surface area contributed by atoms with Gasteiger partial charge < -0.3 is 0 Å². The van der Waals surface area contributed by atoms with Gasteiger partial charge in [0.15, 0.2) is 0 Å². The first-order chi connectivity index (χ1) is 18.1. The second kappa shape index (κ2) is 10.4. The smallest absolute Gasteiger partial charge is 0.264 e. The molecule has 0 bridgehead atoms. The standard InChI is InChI=1S/C30H36N2O4S2/c1-4-5-6-7-8-24-21-25-17-19-31(37(33,34)26-13-9-22(2)10-14-26)30(25)28-18-20-32(29(24)28)38(35,36)27-15-11-23(3)12-16-27/h9-16,21H,4-8,17-20H2,1-3H3. The molecule has 0 aliphatic carbocycles. The predicted molar refractivity (Wildman–Crippen MR) is 153 cm³/mol. The number of fused-ring (bicyclic) bond motifs is 3. The molecule has 2 aliphatic heterocycles. The van der Waals surface area contributed by atoms with Crippen molar-refractivity contribution in [2.45, 2.75) is 75.5 Å². The minimum Gasteiger partial charge on any atom is -0.265 e. The molecule has 0 N–H and O–H groups in total. The van der Waals surface area contributed by atoms with Gasteiger partial charge in [-0.1, -0.05) is 67.6 Å². The molecule has 0 unspecified atom stereocenters. The Hall–Kier alpha value is -2.84. The van der Waals surface area contributed by atoms with Crippen LogP contribution in [0.15, 0.2) is 64.4 Å². The normalized spacial score (nSPS) is 15.1. The molecule has 2 heterocycles. The van der Waals surface area contributed by atoms with Crippen molar-refractivity contribution in [2.75, 3.05) is 21.7 Å². The summed E-state index contributed by atoms with van der Waals surface area (Å²) >= 11 is 0. The first-order valence-electron chi connectivity index (χ1n) is 13.5. The van der Waals surface area contributed by atoms with Gasteiger partial charge in [0, 0.05) is 18.7 Å². The third-order valence-corrected chi connectivity index (χ3v) is 11.3. The Kier molecular flexibility index (Phi) is 7.31. The number of sulfonamides is 2. The third-order valence-electron chi connectivity index (χ3n) is 7.69. The van der Waals surface area contributed by atoms with Crippen LogP contribution < -0.4 is 8.61 Å². The van der Waals surface area contributed by atoms with Crippen molar-refractivity contribution < 1.29 is 16.8 Å². The van der Waals surface area contributed by atoms with E-state index in [-0.39, 0.29) is 9.79 Å². The summed E-state index contributed by atoms with van der Waals surface area (Å²) in [5.74, 6) is 0. The molecule has 8 heteroatoms. The molecule has 0 saturated heterocycles. The van der Waals surface area contributed by atoms with Crippen LogP contribution in [0.25, 0.3) is 0 Å². The van der Waals surface area contributed by atoms with E-state index >= 15 is 0 Å². The number of benzene rings is 3. The zero-order chi connectivity index (χ0) is 27.1. The van der Waals surface area contributed by atoms with Crippen molar-refractivity contribution in [2.24, 2.45) is 0 Å². The first-order valence-corrected chi connectivity index (χ1v) is 16.4. The van der Waals surface area contributed by atoms with Gasteiger partial charge in [0.2, 0.25) is 0 Å². The van der Waals surface area contributed by atoms with E-state index < -0.39 is 20.0 Å².